The van der Waals surface area contributed by atoms with E-state index in [2.05, 4.69) is 24.7 Å². The highest BCUT2D eigenvalue weighted by Gasteiger charge is 2.41. The van der Waals surface area contributed by atoms with Crippen molar-refractivity contribution in [3.63, 3.8) is 0 Å². The van der Waals surface area contributed by atoms with E-state index in [0.29, 0.717) is 30.7 Å². The van der Waals surface area contributed by atoms with Gasteiger partial charge in [0, 0.05) is 37.2 Å². The molecule has 0 spiro atoms. The van der Waals surface area contributed by atoms with Crippen LogP contribution in [-0.4, -0.2) is 59.3 Å². The van der Waals surface area contributed by atoms with Crippen LogP contribution in [0, 0.1) is 0 Å². The Morgan fingerprint density at radius 3 is 3.07 bits per heavy atom. The van der Waals surface area contributed by atoms with Crippen molar-refractivity contribution in [2.75, 3.05) is 25.2 Å². The predicted octanol–water partition coefficient (Wildman–Crippen LogP) is 2.16. The molecule has 0 bridgehead atoms. The van der Waals surface area contributed by atoms with Crippen LogP contribution in [0.1, 0.15) is 12.2 Å². The molecule has 0 saturated carbocycles. The minimum Gasteiger partial charge on any atom is -0.479 e. The van der Waals surface area contributed by atoms with Gasteiger partial charge in [-0.3, -0.25) is 9.98 Å². The number of aliphatic imine (C=N–C) groups is 2. The van der Waals surface area contributed by atoms with Crippen molar-refractivity contribution >= 4 is 29.5 Å². The molecular weight excluding hydrogens is 368 g/mol. The van der Waals surface area contributed by atoms with E-state index in [-0.39, 0.29) is 12.1 Å². The first-order chi connectivity index (χ1) is 13.3. The zero-order valence-corrected chi connectivity index (χ0v) is 15.6. The lowest BCUT2D eigenvalue weighted by Crippen LogP contribution is -2.44. The fourth-order valence-corrected chi connectivity index (χ4v) is 4.03. The highest BCUT2D eigenvalue weighted by molar-refractivity contribution is 6.31. The lowest BCUT2D eigenvalue weighted by Gasteiger charge is -2.28. The van der Waals surface area contributed by atoms with Gasteiger partial charge in [0.05, 0.1) is 24.7 Å². The van der Waals surface area contributed by atoms with Gasteiger partial charge in [0.25, 0.3) is 0 Å². The van der Waals surface area contributed by atoms with Crippen LogP contribution >= 0.6 is 11.6 Å². The Kier molecular flexibility index (Phi) is 4.09. The van der Waals surface area contributed by atoms with E-state index < -0.39 is 0 Å². The highest BCUT2D eigenvalue weighted by Crippen LogP contribution is 2.39. The van der Waals surface area contributed by atoms with E-state index in [1.165, 1.54) is 0 Å². The van der Waals surface area contributed by atoms with Crippen molar-refractivity contribution in [2.24, 2.45) is 9.98 Å². The van der Waals surface area contributed by atoms with Gasteiger partial charge in [0.1, 0.15) is 12.6 Å². The second-order valence-corrected chi connectivity index (χ2v) is 7.19. The molecule has 8 nitrogen and oxygen atoms in total. The molecule has 0 saturated heterocycles. The summed E-state index contributed by atoms with van der Waals surface area (Å²) in [6.07, 6.45) is 2.82. The molecule has 0 radical (unpaired) electrons. The first kappa shape index (κ1) is 16.7. The lowest BCUT2D eigenvalue weighted by molar-refractivity contribution is 0.173. The quantitative estimate of drug-likeness (QED) is 0.807. The smallest absolute Gasteiger partial charge is 0.211 e. The summed E-state index contributed by atoms with van der Waals surface area (Å²) in [4.78, 5) is 11.5. The summed E-state index contributed by atoms with van der Waals surface area (Å²) in [5, 5.41) is 9.41. The number of hydrogen-bond acceptors (Lipinski definition) is 7. The average Bonchev–Trinajstić information content (AvgIpc) is 3.25. The summed E-state index contributed by atoms with van der Waals surface area (Å²) in [6, 6.07) is 5.68. The molecule has 0 amide bonds. The van der Waals surface area contributed by atoms with Crippen molar-refractivity contribution in [2.45, 2.75) is 31.7 Å². The van der Waals surface area contributed by atoms with Gasteiger partial charge in [-0.25, -0.2) is 0 Å². The first-order valence-electron chi connectivity index (χ1n) is 8.96. The number of nitrogens with zero attached hydrogens (tertiary/aromatic N) is 6. The van der Waals surface area contributed by atoms with E-state index >= 15 is 0 Å². The molecule has 2 aromatic rings. The molecule has 27 heavy (non-hydrogen) atoms. The Hall–Kier alpha value is -2.45. The van der Waals surface area contributed by atoms with Gasteiger partial charge >= 0.3 is 0 Å². The molecule has 140 valence electrons. The Balaban J connectivity index is 1.64. The van der Waals surface area contributed by atoms with E-state index in [0.717, 1.165) is 35.9 Å². The molecule has 1 aromatic carbocycles. The van der Waals surface area contributed by atoms with E-state index in [1.54, 1.807) is 7.11 Å². The monoisotopic (exact) mass is 386 g/mol. The number of fused-ring (bicyclic) bond motifs is 5. The molecule has 2 unspecified atom stereocenters. The summed E-state index contributed by atoms with van der Waals surface area (Å²) in [6.45, 7) is 2.52. The minimum absolute atomic E-state index is 0.0228. The Labute approximate surface area is 161 Å². The van der Waals surface area contributed by atoms with Crippen LogP contribution in [0.2, 0.25) is 5.02 Å². The van der Waals surface area contributed by atoms with Crippen molar-refractivity contribution in [3.05, 3.63) is 29.0 Å². The molecule has 5 rings (SSSR count). The standard InChI is InChI=1S/C18H19ClN6O2/c1-26-9-15-22-23-17-12-7-11(19)3-4-13(12)25-10-21-16(14(25)8-24(15)17)18-20-5-2-6-27-18/h3-4,7,10,14,16H,2,5-6,8-9H2,1H3. The number of ether oxygens (including phenoxy) is 2. The number of hydrogen-bond donors (Lipinski definition) is 0. The molecule has 9 heteroatoms. The number of benzene rings is 1. The summed E-state index contributed by atoms with van der Waals surface area (Å²) in [5.41, 5.74) is 1.93. The second kappa shape index (κ2) is 6.61. The average molecular weight is 387 g/mol. The van der Waals surface area contributed by atoms with Crippen LogP contribution in [-0.2, 0) is 22.6 Å². The lowest BCUT2D eigenvalue weighted by atomic mass is 10.1. The van der Waals surface area contributed by atoms with Crippen LogP contribution in [0.3, 0.4) is 0 Å². The normalized spacial score (nSPS) is 23.2. The predicted molar refractivity (Wildman–Crippen MR) is 103 cm³/mol. The maximum absolute atomic E-state index is 6.28. The number of methoxy groups -OCH3 is 1. The van der Waals surface area contributed by atoms with Crippen LogP contribution in [0.5, 0.6) is 0 Å². The molecular formula is C18H19ClN6O2. The first-order valence-corrected chi connectivity index (χ1v) is 9.34. The van der Waals surface area contributed by atoms with Gasteiger partial charge in [0.2, 0.25) is 5.90 Å². The SMILES string of the molecule is COCc1nnc2n1CC1C(C3=NCCCO3)N=CN1c1ccc(Cl)cc1-2. The molecule has 0 aliphatic carbocycles. The largest absolute Gasteiger partial charge is 0.479 e. The summed E-state index contributed by atoms with van der Waals surface area (Å²) < 4.78 is 13.2. The molecule has 0 N–H and O–H groups in total. The molecule has 3 aliphatic rings. The van der Waals surface area contributed by atoms with Crippen molar-refractivity contribution in [1.29, 1.82) is 0 Å². The fraction of sp³-hybridized carbons (Fsp3) is 0.444. The second-order valence-electron chi connectivity index (χ2n) is 6.75. The minimum atomic E-state index is -0.155. The number of aromatic nitrogens is 3. The topological polar surface area (TPSA) is 77.1 Å². The molecule has 0 fully saturated rings. The highest BCUT2D eigenvalue weighted by atomic mass is 35.5. The third-order valence-corrected chi connectivity index (χ3v) is 5.33. The van der Waals surface area contributed by atoms with Crippen molar-refractivity contribution < 1.29 is 9.47 Å². The van der Waals surface area contributed by atoms with Crippen molar-refractivity contribution in [3.8, 4) is 11.4 Å². The van der Waals surface area contributed by atoms with Crippen molar-refractivity contribution in [1.82, 2.24) is 14.8 Å². The Bertz CT molecular complexity index is 940. The van der Waals surface area contributed by atoms with Crippen LogP contribution in [0.15, 0.2) is 28.2 Å². The van der Waals surface area contributed by atoms with Gasteiger partial charge in [0.15, 0.2) is 11.6 Å². The van der Waals surface area contributed by atoms with E-state index in [4.69, 9.17) is 26.1 Å². The van der Waals surface area contributed by atoms with Gasteiger partial charge in [-0.1, -0.05) is 11.6 Å². The summed E-state index contributed by atoms with van der Waals surface area (Å²) in [5.74, 6) is 2.27. The Morgan fingerprint density at radius 1 is 1.33 bits per heavy atom. The number of rotatable bonds is 3. The van der Waals surface area contributed by atoms with Gasteiger partial charge in [-0.05, 0) is 18.2 Å². The van der Waals surface area contributed by atoms with E-state index in [9.17, 15) is 0 Å². The van der Waals surface area contributed by atoms with Crippen LogP contribution < -0.4 is 4.90 Å². The third-order valence-electron chi connectivity index (χ3n) is 5.09. The van der Waals surface area contributed by atoms with Crippen LogP contribution in [0.25, 0.3) is 11.4 Å². The molecule has 3 aliphatic heterocycles. The van der Waals surface area contributed by atoms with Gasteiger partial charge < -0.3 is 18.9 Å². The zero-order valence-electron chi connectivity index (χ0n) is 14.9. The summed E-state index contributed by atoms with van der Waals surface area (Å²) >= 11 is 6.28. The third kappa shape index (κ3) is 2.71. The maximum Gasteiger partial charge on any atom is 0.211 e. The maximum atomic E-state index is 6.28. The zero-order chi connectivity index (χ0) is 18.4. The number of anilines is 1. The summed E-state index contributed by atoms with van der Waals surface area (Å²) in [7, 11) is 1.65. The fourth-order valence-electron chi connectivity index (χ4n) is 3.85. The number of halogens is 1. The van der Waals surface area contributed by atoms with Crippen LogP contribution in [0.4, 0.5) is 5.69 Å². The molecule has 4 heterocycles. The van der Waals surface area contributed by atoms with Gasteiger partial charge in [-0.2, -0.15) is 0 Å². The van der Waals surface area contributed by atoms with Gasteiger partial charge in [-0.15, -0.1) is 10.2 Å². The van der Waals surface area contributed by atoms with E-state index in [1.807, 2.05) is 24.5 Å². The Morgan fingerprint density at radius 2 is 2.26 bits per heavy atom. The molecule has 1 aromatic heterocycles. The molecule has 2 atom stereocenters.